The molecule has 1 heterocycles. The maximum absolute atomic E-state index is 11.4. The lowest BCUT2D eigenvalue weighted by Crippen LogP contribution is -2.38. The van der Waals surface area contributed by atoms with Crippen LogP contribution >= 0.6 is 0 Å². The highest BCUT2D eigenvalue weighted by atomic mass is 16.6. The molecular weight excluding hydrogens is 276 g/mol. The summed E-state index contributed by atoms with van der Waals surface area (Å²) in [5.74, 6) is 5.62. The van der Waals surface area contributed by atoms with Gasteiger partial charge in [0.15, 0.2) is 0 Å². The number of aliphatic hydroxyl groups is 2. The Hall–Kier alpha value is -1.90. The Morgan fingerprint density at radius 3 is 2.57 bits per heavy atom. The lowest BCUT2D eigenvalue weighted by Gasteiger charge is -2.22. The molecule has 0 saturated carbocycles. The highest BCUT2D eigenvalue weighted by Gasteiger charge is 2.21. The van der Waals surface area contributed by atoms with Gasteiger partial charge in [0.1, 0.15) is 23.6 Å². The molecule has 21 heavy (non-hydrogen) atoms. The van der Waals surface area contributed by atoms with Gasteiger partial charge in [-0.05, 0) is 26.8 Å². The number of nitrogens with two attached hydrogens (primary N) is 1. The molecule has 0 bridgehead atoms. The standard InChI is InChI=1S/C13H22N4O4/c1-13(2,3)21-12(20)16-7-9(18)11(19)8-4-5-10(17-14)15-6-8/h4-6,9,11,18-19H,7,14H2,1-3H3,(H,15,17)(H,16,20). The fourth-order valence-electron chi connectivity index (χ4n) is 1.50. The second-order valence-corrected chi connectivity index (χ2v) is 5.52. The van der Waals surface area contributed by atoms with Gasteiger partial charge in [-0.15, -0.1) is 0 Å². The van der Waals surface area contributed by atoms with Crippen LogP contribution < -0.4 is 16.6 Å². The second kappa shape index (κ2) is 7.21. The quantitative estimate of drug-likeness (QED) is 0.390. The van der Waals surface area contributed by atoms with Crippen molar-refractivity contribution in [2.75, 3.05) is 12.0 Å². The van der Waals surface area contributed by atoms with Crippen LogP contribution in [0.5, 0.6) is 0 Å². The molecule has 0 radical (unpaired) electrons. The molecule has 1 aromatic rings. The number of carbonyl (C=O) groups is 1. The zero-order valence-corrected chi connectivity index (χ0v) is 12.3. The van der Waals surface area contributed by atoms with Gasteiger partial charge in [0.25, 0.3) is 0 Å². The zero-order valence-electron chi connectivity index (χ0n) is 12.3. The van der Waals surface area contributed by atoms with E-state index in [1.807, 2.05) is 0 Å². The third-order valence-corrected chi connectivity index (χ3v) is 2.49. The predicted molar refractivity (Wildman–Crippen MR) is 77.3 cm³/mol. The van der Waals surface area contributed by atoms with Gasteiger partial charge in [-0.2, -0.15) is 0 Å². The number of pyridine rings is 1. The number of aromatic nitrogens is 1. The van der Waals surface area contributed by atoms with Gasteiger partial charge in [-0.1, -0.05) is 6.07 Å². The summed E-state index contributed by atoms with van der Waals surface area (Å²) in [6.45, 7) is 5.05. The number of alkyl carbamates (subject to hydrolysis) is 1. The number of hydrazine groups is 1. The van der Waals surface area contributed by atoms with Crippen LogP contribution in [0.2, 0.25) is 0 Å². The third-order valence-electron chi connectivity index (χ3n) is 2.49. The summed E-state index contributed by atoms with van der Waals surface area (Å²) in [5, 5.41) is 22.2. The number of rotatable bonds is 5. The molecule has 118 valence electrons. The number of carbonyl (C=O) groups excluding carboxylic acids is 1. The Labute approximate surface area is 123 Å². The summed E-state index contributed by atoms with van der Waals surface area (Å²) in [7, 11) is 0. The Morgan fingerprint density at radius 2 is 2.10 bits per heavy atom. The minimum Gasteiger partial charge on any atom is -0.444 e. The molecule has 0 spiro atoms. The first-order valence-corrected chi connectivity index (χ1v) is 6.48. The summed E-state index contributed by atoms with van der Waals surface area (Å²) in [5.41, 5.74) is 2.14. The van der Waals surface area contributed by atoms with Crippen molar-refractivity contribution in [1.29, 1.82) is 0 Å². The molecule has 0 aliphatic carbocycles. The van der Waals surface area contributed by atoms with Gasteiger partial charge < -0.3 is 25.7 Å². The van der Waals surface area contributed by atoms with E-state index < -0.39 is 23.9 Å². The van der Waals surface area contributed by atoms with Crippen LogP contribution in [0.1, 0.15) is 32.4 Å². The van der Waals surface area contributed by atoms with E-state index in [9.17, 15) is 15.0 Å². The molecular formula is C13H22N4O4. The molecule has 0 aliphatic rings. The molecule has 0 aliphatic heterocycles. The number of nitrogen functional groups attached to an aromatic ring is 1. The van der Waals surface area contributed by atoms with E-state index in [1.54, 1.807) is 32.9 Å². The minimum atomic E-state index is -1.18. The molecule has 0 saturated heterocycles. The summed E-state index contributed by atoms with van der Waals surface area (Å²) < 4.78 is 5.03. The van der Waals surface area contributed by atoms with E-state index in [1.165, 1.54) is 6.20 Å². The lowest BCUT2D eigenvalue weighted by atomic mass is 10.1. The van der Waals surface area contributed by atoms with Crippen LogP contribution in [-0.2, 0) is 4.74 Å². The largest absolute Gasteiger partial charge is 0.444 e. The van der Waals surface area contributed by atoms with Crippen molar-refractivity contribution < 1.29 is 19.7 Å². The second-order valence-electron chi connectivity index (χ2n) is 5.52. The van der Waals surface area contributed by atoms with Crippen LogP contribution in [0, 0.1) is 0 Å². The number of nitrogens with one attached hydrogen (secondary N) is 2. The Balaban J connectivity index is 2.50. The van der Waals surface area contributed by atoms with Gasteiger partial charge in [0.05, 0.1) is 0 Å². The monoisotopic (exact) mass is 298 g/mol. The van der Waals surface area contributed by atoms with E-state index in [2.05, 4.69) is 15.7 Å². The molecule has 0 aromatic carbocycles. The predicted octanol–water partition coefficient (Wildman–Crippen LogP) is 0.286. The Morgan fingerprint density at radius 1 is 1.43 bits per heavy atom. The van der Waals surface area contributed by atoms with Gasteiger partial charge in [0.2, 0.25) is 0 Å². The van der Waals surface area contributed by atoms with Gasteiger partial charge in [0, 0.05) is 18.3 Å². The van der Waals surface area contributed by atoms with Gasteiger partial charge in [-0.3, -0.25) is 0 Å². The maximum atomic E-state index is 11.4. The number of hydrogen-bond donors (Lipinski definition) is 5. The molecule has 8 nitrogen and oxygen atoms in total. The first-order valence-electron chi connectivity index (χ1n) is 6.48. The van der Waals surface area contributed by atoms with Crippen LogP contribution in [-0.4, -0.2) is 39.5 Å². The van der Waals surface area contributed by atoms with Crippen molar-refractivity contribution in [3.8, 4) is 0 Å². The Bertz CT molecular complexity index is 458. The average molecular weight is 298 g/mol. The van der Waals surface area contributed by atoms with E-state index in [-0.39, 0.29) is 6.54 Å². The molecule has 1 rings (SSSR count). The normalized spacial score (nSPS) is 14.2. The van der Waals surface area contributed by atoms with Crippen molar-refractivity contribution in [3.05, 3.63) is 23.9 Å². The Kier molecular flexibility index (Phi) is 5.89. The average Bonchev–Trinajstić information content (AvgIpc) is 2.42. The summed E-state index contributed by atoms with van der Waals surface area (Å²) >= 11 is 0. The van der Waals surface area contributed by atoms with Crippen LogP contribution in [0.25, 0.3) is 0 Å². The van der Waals surface area contributed by atoms with E-state index in [0.717, 1.165) is 0 Å². The molecule has 2 unspecified atom stereocenters. The van der Waals surface area contributed by atoms with Crippen molar-refractivity contribution >= 4 is 11.9 Å². The SMILES string of the molecule is CC(C)(C)OC(=O)NCC(O)C(O)c1ccc(NN)nc1. The number of hydrogen-bond acceptors (Lipinski definition) is 7. The van der Waals surface area contributed by atoms with Crippen molar-refractivity contribution in [1.82, 2.24) is 10.3 Å². The summed E-state index contributed by atoms with van der Waals surface area (Å²) in [6.07, 6.45) is -1.64. The van der Waals surface area contributed by atoms with Gasteiger partial charge in [-0.25, -0.2) is 15.6 Å². The molecule has 0 fully saturated rings. The lowest BCUT2D eigenvalue weighted by molar-refractivity contribution is 0.0128. The molecule has 1 amide bonds. The summed E-state index contributed by atoms with van der Waals surface area (Å²) in [4.78, 5) is 15.4. The van der Waals surface area contributed by atoms with E-state index in [4.69, 9.17) is 10.6 Å². The topological polar surface area (TPSA) is 130 Å². The molecule has 2 atom stereocenters. The number of amides is 1. The first-order chi connectivity index (χ1) is 9.73. The molecule has 1 aromatic heterocycles. The van der Waals surface area contributed by atoms with Crippen molar-refractivity contribution in [2.24, 2.45) is 5.84 Å². The molecule has 8 heteroatoms. The van der Waals surface area contributed by atoms with Crippen LogP contribution in [0.15, 0.2) is 18.3 Å². The summed E-state index contributed by atoms with van der Waals surface area (Å²) in [6, 6.07) is 3.14. The number of ether oxygens (including phenoxy) is 1. The number of aliphatic hydroxyl groups excluding tert-OH is 2. The first kappa shape index (κ1) is 17.2. The third kappa shape index (κ3) is 5.94. The van der Waals surface area contributed by atoms with E-state index in [0.29, 0.717) is 11.4 Å². The fraction of sp³-hybridized carbons (Fsp3) is 0.538. The smallest absolute Gasteiger partial charge is 0.407 e. The highest BCUT2D eigenvalue weighted by molar-refractivity contribution is 5.67. The van der Waals surface area contributed by atoms with Crippen molar-refractivity contribution in [2.45, 2.75) is 38.6 Å². The minimum absolute atomic E-state index is 0.146. The zero-order chi connectivity index (χ0) is 16.0. The fourth-order valence-corrected chi connectivity index (χ4v) is 1.50. The van der Waals surface area contributed by atoms with Crippen LogP contribution in [0.4, 0.5) is 10.6 Å². The van der Waals surface area contributed by atoms with Crippen molar-refractivity contribution in [3.63, 3.8) is 0 Å². The number of anilines is 1. The number of nitrogens with zero attached hydrogens (tertiary/aromatic N) is 1. The highest BCUT2D eigenvalue weighted by Crippen LogP contribution is 2.17. The van der Waals surface area contributed by atoms with E-state index >= 15 is 0 Å². The van der Waals surface area contributed by atoms with Crippen LogP contribution in [0.3, 0.4) is 0 Å². The van der Waals surface area contributed by atoms with Gasteiger partial charge >= 0.3 is 6.09 Å². The molecule has 6 N–H and O–H groups in total. The maximum Gasteiger partial charge on any atom is 0.407 e.